The van der Waals surface area contributed by atoms with Gasteiger partial charge in [0.15, 0.2) is 0 Å². The molecule has 0 atom stereocenters. The molecule has 0 fully saturated rings. The van der Waals surface area contributed by atoms with Crippen molar-refractivity contribution >= 4 is 17.3 Å². The van der Waals surface area contributed by atoms with Gasteiger partial charge in [0, 0.05) is 22.9 Å². The standard InChI is InChI=1S/C17H18N2O4/c1-3-12-8-9-14(11-16(12)19(21)22)18-17(20)13-6-5-7-15(10-13)23-4-2/h5-11H,3-4H2,1-2H3,(H,18,20). The number of aryl methyl sites for hydroxylation is 1. The fourth-order valence-corrected chi connectivity index (χ4v) is 2.21. The van der Waals surface area contributed by atoms with E-state index in [4.69, 9.17) is 4.74 Å². The molecule has 0 aliphatic heterocycles. The molecular weight excluding hydrogens is 296 g/mol. The molecule has 1 amide bonds. The zero-order chi connectivity index (χ0) is 16.8. The number of benzene rings is 2. The van der Waals surface area contributed by atoms with E-state index in [9.17, 15) is 14.9 Å². The van der Waals surface area contributed by atoms with Crippen LogP contribution in [0.15, 0.2) is 42.5 Å². The van der Waals surface area contributed by atoms with Crippen LogP contribution in [0.2, 0.25) is 0 Å². The van der Waals surface area contributed by atoms with Crippen molar-refractivity contribution in [3.05, 3.63) is 63.7 Å². The first-order valence-corrected chi connectivity index (χ1v) is 7.36. The second-order valence-electron chi connectivity index (χ2n) is 4.87. The van der Waals surface area contributed by atoms with E-state index in [2.05, 4.69) is 5.32 Å². The van der Waals surface area contributed by atoms with Crippen molar-refractivity contribution in [3.8, 4) is 5.75 Å². The molecule has 6 heteroatoms. The smallest absolute Gasteiger partial charge is 0.274 e. The summed E-state index contributed by atoms with van der Waals surface area (Å²) < 4.78 is 5.36. The van der Waals surface area contributed by atoms with Crippen molar-refractivity contribution in [2.24, 2.45) is 0 Å². The Morgan fingerprint density at radius 3 is 2.65 bits per heavy atom. The molecular formula is C17H18N2O4. The van der Waals surface area contributed by atoms with Gasteiger partial charge in [-0.25, -0.2) is 0 Å². The Hall–Kier alpha value is -2.89. The van der Waals surface area contributed by atoms with E-state index in [-0.39, 0.29) is 11.6 Å². The molecule has 0 saturated heterocycles. The first-order valence-electron chi connectivity index (χ1n) is 7.36. The van der Waals surface area contributed by atoms with Crippen LogP contribution in [0, 0.1) is 10.1 Å². The molecule has 0 saturated carbocycles. The van der Waals surface area contributed by atoms with Crippen molar-refractivity contribution < 1.29 is 14.5 Å². The number of carbonyl (C=O) groups excluding carboxylic acids is 1. The average Bonchev–Trinajstić information content (AvgIpc) is 2.55. The van der Waals surface area contributed by atoms with E-state index in [0.29, 0.717) is 35.6 Å². The van der Waals surface area contributed by atoms with Crippen LogP contribution < -0.4 is 10.1 Å². The predicted molar refractivity (Wildman–Crippen MR) is 88.0 cm³/mol. The van der Waals surface area contributed by atoms with Crippen LogP contribution in [0.5, 0.6) is 5.75 Å². The molecule has 2 aromatic rings. The second-order valence-corrected chi connectivity index (χ2v) is 4.87. The molecule has 120 valence electrons. The van der Waals surface area contributed by atoms with E-state index in [1.807, 2.05) is 13.8 Å². The maximum Gasteiger partial charge on any atom is 0.274 e. The number of rotatable bonds is 6. The molecule has 0 aliphatic rings. The van der Waals surface area contributed by atoms with Crippen LogP contribution in [0.3, 0.4) is 0 Å². The lowest BCUT2D eigenvalue weighted by molar-refractivity contribution is -0.385. The third-order valence-corrected chi connectivity index (χ3v) is 3.33. The van der Waals surface area contributed by atoms with Gasteiger partial charge < -0.3 is 10.1 Å². The van der Waals surface area contributed by atoms with E-state index in [1.54, 1.807) is 36.4 Å². The fourth-order valence-electron chi connectivity index (χ4n) is 2.21. The van der Waals surface area contributed by atoms with Gasteiger partial charge in [-0.05, 0) is 37.6 Å². The number of hydrogen-bond donors (Lipinski definition) is 1. The molecule has 2 rings (SSSR count). The summed E-state index contributed by atoms with van der Waals surface area (Å²) in [4.78, 5) is 22.9. The number of nitrogens with one attached hydrogen (secondary N) is 1. The lowest BCUT2D eigenvalue weighted by Gasteiger charge is -2.08. The number of anilines is 1. The van der Waals surface area contributed by atoms with Gasteiger partial charge in [-0.2, -0.15) is 0 Å². The van der Waals surface area contributed by atoms with E-state index in [1.165, 1.54) is 6.07 Å². The Morgan fingerprint density at radius 1 is 1.22 bits per heavy atom. The zero-order valence-corrected chi connectivity index (χ0v) is 13.0. The minimum Gasteiger partial charge on any atom is -0.494 e. The van der Waals surface area contributed by atoms with Crippen LogP contribution in [-0.4, -0.2) is 17.4 Å². The summed E-state index contributed by atoms with van der Waals surface area (Å²) in [7, 11) is 0. The summed E-state index contributed by atoms with van der Waals surface area (Å²) in [6, 6.07) is 11.5. The molecule has 0 radical (unpaired) electrons. The molecule has 0 aromatic heterocycles. The van der Waals surface area contributed by atoms with Crippen LogP contribution in [0.1, 0.15) is 29.8 Å². The number of amides is 1. The normalized spacial score (nSPS) is 10.2. The molecule has 1 N–H and O–H groups in total. The molecule has 0 bridgehead atoms. The lowest BCUT2D eigenvalue weighted by atomic mass is 10.1. The van der Waals surface area contributed by atoms with Gasteiger partial charge in [-0.15, -0.1) is 0 Å². The zero-order valence-electron chi connectivity index (χ0n) is 13.0. The number of nitro groups is 1. The van der Waals surface area contributed by atoms with Crippen LogP contribution in [0.4, 0.5) is 11.4 Å². The number of hydrogen-bond acceptors (Lipinski definition) is 4. The third kappa shape index (κ3) is 4.06. The quantitative estimate of drug-likeness (QED) is 0.649. The van der Waals surface area contributed by atoms with E-state index < -0.39 is 4.92 Å². The first-order chi connectivity index (χ1) is 11.0. The van der Waals surface area contributed by atoms with Gasteiger partial charge in [-0.1, -0.05) is 19.1 Å². The molecule has 2 aromatic carbocycles. The van der Waals surface area contributed by atoms with Crippen molar-refractivity contribution in [2.75, 3.05) is 11.9 Å². The van der Waals surface area contributed by atoms with Gasteiger partial charge in [0.1, 0.15) is 5.75 Å². The Labute approximate surface area is 134 Å². The first kappa shape index (κ1) is 16.5. The summed E-state index contributed by atoms with van der Waals surface area (Å²) in [6.45, 7) is 4.22. The summed E-state index contributed by atoms with van der Waals surface area (Å²) in [5.41, 5.74) is 1.46. The maximum atomic E-state index is 12.3. The highest BCUT2D eigenvalue weighted by atomic mass is 16.6. The Balaban J connectivity index is 2.21. The summed E-state index contributed by atoms with van der Waals surface area (Å²) in [6.07, 6.45) is 0.556. The Bertz CT molecular complexity index is 728. The molecule has 0 spiro atoms. The van der Waals surface area contributed by atoms with Crippen LogP contribution in [0.25, 0.3) is 0 Å². The molecule has 23 heavy (non-hydrogen) atoms. The van der Waals surface area contributed by atoms with Gasteiger partial charge in [0.05, 0.1) is 11.5 Å². The maximum absolute atomic E-state index is 12.3. The number of carbonyl (C=O) groups is 1. The van der Waals surface area contributed by atoms with E-state index in [0.717, 1.165) is 0 Å². The second kappa shape index (κ2) is 7.40. The third-order valence-electron chi connectivity index (χ3n) is 3.33. The Kier molecular flexibility index (Phi) is 5.30. The van der Waals surface area contributed by atoms with Crippen LogP contribution in [-0.2, 0) is 6.42 Å². The number of ether oxygens (including phenoxy) is 1. The number of nitro benzene ring substituents is 1. The van der Waals surface area contributed by atoms with Gasteiger partial charge >= 0.3 is 0 Å². The van der Waals surface area contributed by atoms with Gasteiger partial charge in [0.2, 0.25) is 0 Å². The molecule has 0 unspecified atom stereocenters. The van der Waals surface area contributed by atoms with Gasteiger partial charge in [0.25, 0.3) is 11.6 Å². The van der Waals surface area contributed by atoms with Crippen molar-refractivity contribution in [2.45, 2.75) is 20.3 Å². The number of nitrogens with zero attached hydrogens (tertiary/aromatic N) is 1. The predicted octanol–water partition coefficient (Wildman–Crippen LogP) is 3.81. The van der Waals surface area contributed by atoms with Crippen LogP contribution >= 0.6 is 0 Å². The van der Waals surface area contributed by atoms with E-state index >= 15 is 0 Å². The topological polar surface area (TPSA) is 81.5 Å². The fraction of sp³-hybridized carbons (Fsp3) is 0.235. The largest absolute Gasteiger partial charge is 0.494 e. The highest BCUT2D eigenvalue weighted by Crippen LogP contribution is 2.24. The monoisotopic (exact) mass is 314 g/mol. The molecule has 0 aliphatic carbocycles. The van der Waals surface area contributed by atoms with Gasteiger partial charge in [-0.3, -0.25) is 14.9 Å². The summed E-state index contributed by atoms with van der Waals surface area (Å²) >= 11 is 0. The SMILES string of the molecule is CCOc1cccc(C(=O)Nc2ccc(CC)c([N+](=O)[O-])c2)c1. The summed E-state index contributed by atoms with van der Waals surface area (Å²) in [5, 5.41) is 13.8. The van der Waals surface area contributed by atoms with Crippen molar-refractivity contribution in [1.29, 1.82) is 0 Å². The average molecular weight is 314 g/mol. The lowest BCUT2D eigenvalue weighted by Crippen LogP contribution is -2.12. The highest BCUT2D eigenvalue weighted by molar-refractivity contribution is 6.04. The van der Waals surface area contributed by atoms with Crippen molar-refractivity contribution in [1.82, 2.24) is 0 Å². The minimum atomic E-state index is -0.440. The highest BCUT2D eigenvalue weighted by Gasteiger charge is 2.15. The van der Waals surface area contributed by atoms with Crippen molar-refractivity contribution in [3.63, 3.8) is 0 Å². The summed E-state index contributed by atoms with van der Waals surface area (Å²) in [5.74, 6) is 0.262. The molecule has 0 heterocycles. The Morgan fingerprint density at radius 2 is 2.00 bits per heavy atom. The molecule has 6 nitrogen and oxygen atoms in total. The minimum absolute atomic E-state index is 0.00775.